The summed E-state index contributed by atoms with van der Waals surface area (Å²) in [5, 5.41) is 20.6. The van der Waals surface area contributed by atoms with Crippen LogP contribution >= 0.6 is 0 Å². The van der Waals surface area contributed by atoms with Crippen LogP contribution in [0.3, 0.4) is 0 Å². The maximum absolute atomic E-state index is 12.2. The van der Waals surface area contributed by atoms with Gasteiger partial charge < -0.3 is 19.7 Å². The molecule has 146 valence electrons. The average Bonchev–Trinajstić information content (AvgIpc) is 2.59. The zero-order chi connectivity index (χ0) is 20.2. The van der Waals surface area contributed by atoms with Crippen LogP contribution in [-0.4, -0.2) is 48.1 Å². The van der Waals surface area contributed by atoms with Crippen molar-refractivity contribution in [2.45, 2.75) is 39.4 Å². The fourth-order valence-electron chi connectivity index (χ4n) is 3.62. The van der Waals surface area contributed by atoms with E-state index < -0.39 is 41.4 Å². The second-order valence-electron chi connectivity index (χ2n) is 7.37. The summed E-state index contributed by atoms with van der Waals surface area (Å²) in [6.45, 7) is 16.4. The van der Waals surface area contributed by atoms with Crippen LogP contribution < -0.4 is 0 Å². The normalized spacial score (nSPS) is 31.2. The minimum Gasteiger partial charge on any atom is -0.466 e. The van der Waals surface area contributed by atoms with Gasteiger partial charge in [0.25, 0.3) is 0 Å². The number of allylic oxidation sites excluding steroid dienone is 1. The summed E-state index contributed by atoms with van der Waals surface area (Å²) < 4.78 is 10.3. The molecular formula is C20H30O6. The molecule has 26 heavy (non-hydrogen) atoms. The smallest absolute Gasteiger partial charge is 0.333 e. The molecule has 0 bridgehead atoms. The molecule has 0 aliphatic heterocycles. The number of carbonyl (C=O) groups is 2. The van der Waals surface area contributed by atoms with Gasteiger partial charge in [-0.1, -0.05) is 40.0 Å². The van der Waals surface area contributed by atoms with E-state index in [1.165, 1.54) is 7.11 Å². The standard InChI is InChI=1S/C20H30O6/c1-8-20(6)9-14(26-18(23)11(2)3)15(13(5)19(24)25-7)17(22)16(20)12(4)10-21/h8,11,14-17,21-22H,1,4-5,9-10H2,2-3,6-7H3/t14-,15+,16+,17+,20-/m0/s1. The van der Waals surface area contributed by atoms with Crippen molar-refractivity contribution < 1.29 is 29.3 Å². The molecule has 0 heterocycles. The second kappa shape index (κ2) is 8.64. The number of rotatable bonds is 7. The number of hydrogen-bond acceptors (Lipinski definition) is 6. The highest BCUT2D eigenvalue weighted by Gasteiger charge is 2.53. The number of aliphatic hydroxyl groups is 2. The zero-order valence-electron chi connectivity index (χ0n) is 16.0. The first-order valence-electron chi connectivity index (χ1n) is 8.61. The third-order valence-electron chi connectivity index (χ3n) is 5.16. The molecule has 0 amide bonds. The number of aliphatic hydroxyl groups excluding tert-OH is 2. The van der Waals surface area contributed by atoms with Gasteiger partial charge in [0.2, 0.25) is 0 Å². The van der Waals surface area contributed by atoms with Crippen molar-refractivity contribution >= 4 is 11.9 Å². The Labute approximate surface area is 155 Å². The Balaban J connectivity index is 3.39. The maximum atomic E-state index is 12.2. The zero-order valence-corrected chi connectivity index (χ0v) is 16.0. The van der Waals surface area contributed by atoms with Gasteiger partial charge in [-0.3, -0.25) is 4.79 Å². The number of methoxy groups -OCH3 is 1. The van der Waals surface area contributed by atoms with Crippen LogP contribution in [0.4, 0.5) is 0 Å². The van der Waals surface area contributed by atoms with E-state index in [9.17, 15) is 19.8 Å². The first kappa shape index (κ1) is 22.1. The first-order valence-corrected chi connectivity index (χ1v) is 8.61. The highest BCUT2D eigenvalue weighted by Crippen LogP contribution is 2.50. The van der Waals surface area contributed by atoms with Gasteiger partial charge in [0.05, 0.1) is 31.7 Å². The Morgan fingerprint density at radius 3 is 2.35 bits per heavy atom. The predicted molar refractivity (Wildman–Crippen MR) is 98.0 cm³/mol. The van der Waals surface area contributed by atoms with Crippen molar-refractivity contribution in [1.29, 1.82) is 0 Å². The van der Waals surface area contributed by atoms with Gasteiger partial charge in [0.1, 0.15) is 6.10 Å². The Kier molecular flexibility index (Phi) is 7.35. The lowest BCUT2D eigenvalue weighted by molar-refractivity contribution is -0.168. The molecule has 1 fully saturated rings. The Morgan fingerprint density at radius 1 is 1.35 bits per heavy atom. The summed E-state index contributed by atoms with van der Waals surface area (Å²) in [5.41, 5.74) is -0.256. The largest absolute Gasteiger partial charge is 0.466 e. The summed E-state index contributed by atoms with van der Waals surface area (Å²) in [5.74, 6) is -2.93. The number of hydrogen-bond donors (Lipinski definition) is 2. The summed E-state index contributed by atoms with van der Waals surface area (Å²) in [4.78, 5) is 24.2. The van der Waals surface area contributed by atoms with Gasteiger partial charge in [-0.25, -0.2) is 4.79 Å². The van der Waals surface area contributed by atoms with E-state index in [0.717, 1.165) is 0 Å². The minimum absolute atomic E-state index is 0.0170. The van der Waals surface area contributed by atoms with E-state index >= 15 is 0 Å². The van der Waals surface area contributed by atoms with Crippen LogP contribution in [-0.2, 0) is 19.1 Å². The van der Waals surface area contributed by atoms with Crippen LogP contribution in [0, 0.1) is 23.2 Å². The molecule has 0 spiro atoms. The van der Waals surface area contributed by atoms with Crippen LogP contribution in [0.5, 0.6) is 0 Å². The lowest BCUT2D eigenvalue weighted by Crippen LogP contribution is -2.54. The number of ether oxygens (including phenoxy) is 2. The summed E-state index contributed by atoms with van der Waals surface area (Å²) in [7, 11) is 1.22. The molecule has 0 unspecified atom stereocenters. The van der Waals surface area contributed by atoms with E-state index in [4.69, 9.17) is 9.47 Å². The topological polar surface area (TPSA) is 93.1 Å². The molecular weight excluding hydrogens is 336 g/mol. The average molecular weight is 366 g/mol. The molecule has 0 aromatic rings. The van der Waals surface area contributed by atoms with Crippen molar-refractivity contribution in [2.75, 3.05) is 13.7 Å². The predicted octanol–water partition coefficient (Wildman–Crippen LogP) is 2.02. The third-order valence-corrected chi connectivity index (χ3v) is 5.16. The van der Waals surface area contributed by atoms with Crippen molar-refractivity contribution in [1.82, 2.24) is 0 Å². The molecule has 0 aromatic carbocycles. The maximum Gasteiger partial charge on any atom is 0.333 e. The third kappa shape index (κ3) is 4.24. The van der Waals surface area contributed by atoms with Gasteiger partial charge in [-0.15, -0.1) is 6.58 Å². The van der Waals surface area contributed by atoms with Gasteiger partial charge in [-0.2, -0.15) is 0 Å². The molecule has 6 nitrogen and oxygen atoms in total. The molecule has 6 heteroatoms. The Morgan fingerprint density at radius 2 is 1.92 bits per heavy atom. The van der Waals surface area contributed by atoms with Gasteiger partial charge in [-0.05, 0) is 17.4 Å². The molecule has 0 saturated heterocycles. The SMILES string of the molecule is C=C[C@@]1(C)C[C@H](OC(=O)C(C)C)[C@@H](C(=C)C(=O)OC)[C@@H](O)[C@H]1C(=C)CO. The highest BCUT2D eigenvalue weighted by molar-refractivity contribution is 5.88. The van der Waals surface area contributed by atoms with E-state index in [1.807, 2.05) is 6.92 Å². The molecule has 0 radical (unpaired) electrons. The molecule has 5 atom stereocenters. The first-order chi connectivity index (χ1) is 12.0. The molecule has 1 aliphatic rings. The highest BCUT2D eigenvalue weighted by atomic mass is 16.5. The summed E-state index contributed by atoms with van der Waals surface area (Å²) >= 11 is 0. The molecule has 2 N–H and O–H groups in total. The van der Waals surface area contributed by atoms with Gasteiger partial charge in [0.15, 0.2) is 0 Å². The Hall–Kier alpha value is -1.92. The van der Waals surface area contributed by atoms with Crippen molar-refractivity contribution in [3.8, 4) is 0 Å². The van der Waals surface area contributed by atoms with E-state index in [-0.39, 0.29) is 18.1 Å². The van der Waals surface area contributed by atoms with Crippen molar-refractivity contribution in [3.63, 3.8) is 0 Å². The summed E-state index contributed by atoms with van der Waals surface area (Å²) in [6, 6.07) is 0. The fourth-order valence-corrected chi connectivity index (χ4v) is 3.62. The van der Waals surface area contributed by atoms with Crippen LogP contribution in [0.25, 0.3) is 0 Å². The minimum atomic E-state index is -1.15. The molecule has 1 rings (SSSR count). The van der Waals surface area contributed by atoms with Crippen LogP contribution in [0.1, 0.15) is 27.2 Å². The summed E-state index contributed by atoms with van der Waals surface area (Å²) in [6.07, 6.45) is 0.0334. The van der Waals surface area contributed by atoms with E-state index in [1.54, 1.807) is 19.9 Å². The number of carbonyl (C=O) groups excluding carboxylic acids is 2. The second-order valence-corrected chi connectivity index (χ2v) is 7.37. The van der Waals surface area contributed by atoms with E-state index in [0.29, 0.717) is 12.0 Å². The fraction of sp³-hybridized carbons (Fsp3) is 0.600. The molecule has 1 saturated carbocycles. The van der Waals surface area contributed by atoms with Crippen molar-refractivity contribution in [2.24, 2.45) is 23.2 Å². The monoisotopic (exact) mass is 366 g/mol. The molecule has 1 aliphatic carbocycles. The van der Waals surface area contributed by atoms with Crippen LogP contribution in [0.15, 0.2) is 37.0 Å². The molecule has 0 aromatic heterocycles. The van der Waals surface area contributed by atoms with Crippen LogP contribution in [0.2, 0.25) is 0 Å². The van der Waals surface area contributed by atoms with Gasteiger partial charge in [0, 0.05) is 11.5 Å². The van der Waals surface area contributed by atoms with Crippen molar-refractivity contribution in [3.05, 3.63) is 37.0 Å². The lowest BCUT2D eigenvalue weighted by Gasteiger charge is -2.50. The van der Waals surface area contributed by atoms with E-state index in [2.05, 4.69) is 19.7 Å². The Bertz CT molecular complexity index is 593. The quantitative estimate of drug-likeness (QED) is 0.407. The number of esters is 2. The lowest BCUT2D eigenvalue weighted by atomic mass is 9.58. The van der Waals surface area contributed by atoms with Gasteiger partial charge >= 0.3 is 11.9 Å².